The highest BCUT2D eigenvalue weighted by molar-refractivity contribution is 6.31. The Labute approximate surface area is 501 Å². The van der Waals surface area contributed by atoms with Gasteiger partial charge >= 0.3 is 0 Å². The van der Waals surface area contributed by atoms with Crippen molar-refractivity contribution >= 4 is 50.9 Å². The van der Waals surface area contributed by atoms with Gasteiger partial charge in [0, 0.05) is 36.8 Å². The molecule has 9 N–H and O–H groups in total. The summed E-state index contributed by atoms with van der Waals surface area (Å²) >= 11 is 6.52. The van der Waals surface area contributed by atoms with Gasteiger partial charge in [0.1, 0.15) is 0 Å². The maximum absolute atomic E-state index is 14.5. The van der Waals surface area contributed by atoms with Gasteiger partial charge in [-0.05, 0) is 147 Å². The molecule has 0 heterocycles. The summed E-state index contributed by atoms with van der Waals surface area (Å²) in [5, 5.41) is 15.1. The lowest BCUT2D eigenvalue weighted by molar-refractivity contribution is -0.151. The van der Waals surface area contributed by atoms with Crippen molar-refractivity contribution in [1.29, 1.82) is 0 Å². The van der Waals surface area contributed by atoms with Crippen molar-refractivity contribution in [1.82, 2.24) is 16.0 Å². The minimum Gasteiger partial charge on any atom is -0.370 e. The number of nitrogens with two attached hydrogens (primary N) is 3. The van der Waals surface area contributed by atoms with Gasteiger partial charge in [0.05, 0.1) is 23.8 Å². The first kappa shape index (κ1) is 64.1. The number of carbonyl (C=O) groups excluding carboxylic acids is 3. The molecule has 5 aromatic rings. The normalized spacial score (nSPS) is 20.8. The molecule has 0 saturated heterocycles. The zero-order valence-electron chi connectivity index (χ0n) is 50.5. The number of benzene rings is 5. The number of hydrogen-bond donors (Lipinski definition) is 6. The first-order valence-electron chi connectivity index (χ1n) is 31.7. The third-order valence-corrected chi connectivity index (χ3v) is 19.1. The summed E-state index contributed by atoms with van der Waals surface area (Å²) in [4.78, 5) is 43.1. The monoisotopic (exact) mass is 1150 g/mol. The lowest BCUT2D eigenvalue weighted by Gasteiger charge is -2.36. The Hall–Kier alpha value is -4.92. The van der Waals surface area contributed by atoms with Crippen LogP contribution in [0.15, 0.2) is 109 Å². The van der Waals surface area contributed by atoms with E-state index in [1.165, 1.54) is 38.5 Å². The van der Waals surface area contributed by atoms with E-state index >= 15 is 0 Å². The second-order valence-corrected chi connectivity index (χ2v) is 26.2. The summed E-state index contributed by atoms with van der Waals surface area (Å²) < 4.78 is 19.5. The second kappa shape index (κ2) is 31.5. The van der Waals surface area contributed by atoms with Crippen molar-refractivity contribution in [2.24, 2.45) is 40.9 Å². The van der Waals surface area contributed by atoms with Crippen LogP contribution in [0.5, 0.6) is 0 Å². The van der Waals surface area contributed by atoms with Crippen LogP contribution in [0.3, 0.4) is 0 Å². The third-order valence-electron chi connectivity index (χ3n) is 18.8. The summed E-state index contributed by atoms with van der Waals surface area (Å²) in [7, 11) is 1.60. The first-order chi connectivity index (χ1) is 40.0. The van der Waals surface area contributed by atoms with Crippen LogP contribution in [-0.2, 0) is 35.0 Å². The topological polar surface area (TPSA) is 193 Å². The van der Waals surface area contributed by atoms with Crippen LogP contribution in [0, 0.1) is 23.7 Å². The van der Waals surface area contributed by atoms with Gasteiger partial charge < -0.3 is 47.4 Å². The van der Waals surface area contributed by atoms with Crippen LogP contribution in [0.2, 0.25) is 5.02 Å². The number of halogens is 1. The number of ether oxygens (including phenoxy) is 3. The van der Waals surface area contributed by atoms with Gasteiger partial charge in [0.25, 0.3) is 17.7 Å². The van der Waals surface area contributed by atoms with Crippen molar-refractivity contribution < 1.29 is 28.6 Å². The largest absolute Gasteiger partial charge is 0.370 e. The Balaban J connectivity index is 0.907. The molecule has 0 spiro atoms. The average molecular weight is 1160 g/mol. The lowest BCUT2D eigenvalue weighted by Crippen LogP contribution is -2.52. The highest BCUT2D eigenvalue weighted by Gasteiger charge is 2.38. The zero-order chi connectivity index (χ0) is 58.9. The summed E-state index contributed by atoms with van der Waals surface area (Å²) in [6.45, 7) is 8.43. The molecule has 5 aromatic carbocycles. The van der Waals surface area contributed by atoms with Crippen molar-refractivity contribution in [3.8, 4) is 0 Å². The van der Waals surface area contributed by atoms with Crippen LogP contribution >= 0.6 is 11.6 Å². The van der Waals surface area contributed by atoms with E-state index in [1.54, 1.807) is 7.11 Å². The molecule has 13 heteroatoms. The molecule has 0 aliphatic heterocycles. The van der Waals surface area contributed by atoms with Crippen molar-refractivity contribution in [2.75, 3.05) is 13.7 Å². The third kappa shape index (κ3) is 18.8. The summed E-state index contributed by atoms with van der Waals surface area (Å²) in [6.07, 6.45) is 17.4. The quantitative estimate of drug-likeness (QED) is 0.0270. The molecular formula is C70H99ClN6O6. The van der Waals surface area contributed by atoms with Crippen LogP contribution in [0.1, 0.15) is 185 Å². The van der Waals surface area contributed by atoms with Crippen LogP contribution < -0.4 is 33.2 Å². The summed E-state index contributed by atoms with van der Waals surface area (Å²) in [6, 6.07) is 35.0. The van der Waals surface area contributed by atoms with E-state index in [4.69, 9.17) is 43.0 Å². The number of amides is 3. The van der Waals surface area contributed by atoms with E-state index < -0.39 is 36.0 Å². The standard InChI is InChI=1S/C70H99ClN6O6/c1-46(37-39-70(3,4)83-66(62(74)42-49-21-10-7-11-22-49)69(80)76-47(2)57-29-18-27-53-24-14-16-28-58(53)57)82-65(67(78)75-40-38-54-25-15-17-30-59(54)71)61(73)43-50-31-33-51(34-32-50)44-63(56-36-35-52-23-12-13-26-55(52)45-56)77-68(79)64(81-5)60(72)41-48-19-8-6-9-20-48/h12-18,23-30,35-36,45-51,60-66H,6-11,19-22,31-34,37-44,72-74H2,1-5H3,(H,75,78)(H,76,80)(H,77,79)/t46?,47?,50?,51?,60-,61-,62-,63+,64?,65?,66?/m1/s1. The Morgan fingerprint density at radius 3 is 1.78 bits per heavy atom. The molecule has 0 radical (unpaired) electrons. The molecule has 9 atom stereocenters. The molecule has 0 aromatic heterocycles. The van der Waals surface area contributed by atoms with Gasteiger partial charge in [-0.25, -0.2) is 0 Å². The molecule has 12 nitrogen and oxygen atoms in total. The second-order valence-electron chi connectivity index (χ2n) is 25.8. The Bertz CT molecular complexity index is 2820. The van der Waals surface area contributed by atoms with Crippen LogP contribution in [-0.4, -0.2) is 79.5 Å². The summed E-state index contributed by atoms with van der Waals surface area (Å²) in [5.74, 6) is 1.03. The molecule has 0 bridgehead atoms. The number of fused-ring (bicyclic) bond motifs is 2. The number of hydrogen-bond acceptors (Lipinski definition) is 9. The van der Waals surface area contributed by atoms with Gasteiger partial charge in [-0.2, -0.15) is 0 Å². The Kier molecular flexibility index (Phi) is 24.3. The van der Waals surface area contributed by atoms with Gasteiger partial charge in [0.2, 0.25) is 0 Å². The molecule has 5 unspecified atom stereocenters. The number of rotatable bonds is 29. The lowest BCUT2D eigenvalue weighted by atomic mass is 9.76. The molecule has 452 valence electrons. The van der Waals surface area contributed by atoms with E-state index in [1.807, 2.05) is 76.2 Å². The molecule has 3 fully saturated rings. The van der Waals surface area contributed by atoms with Crippen molar-refractivity contribution in [3.63, 3.8) is 0 Å². The van der Waals surface area contributed by atoms with E-state index in [0.29, 0.717) is 60.9 Å². The van der Waals surface area contributed by atoms with Crippen LogP contribution in [0.4, 0.5) is 0 Å². The zero-order valence-corrected chi connectivity index (χ0v) is 51.3. The minimum absolute atomic E-state index is 0.154. The van der Waals surface area contributed by atoms with Gasteiger partial charge in [-0.15, -0.1) is 0 Å². The van der Waals surface area contributed by atoms with E-state index in [-0.39, 0.29) is 42.0 Å². The number of nitrogens with one attached hydrogen (secondary N) is 3. The molecule has 3 aliphatic carbocycles. The van der Waals surface area contributed by atoms with Crippen molar-refractivity contribution in [3.05, 3.63) is 131 Å². The molecule has 3 saturated carbocycles. The highest BCUT2D eigenvalue weighted by atomic mass is 35.5. The highest BCUT2D eigenvalue weighted by Crippen LogP contribution is 2.39. The SMILES string of the molecule is COC(C(=O)N[C@@H](CC1CCC(C[C@@H](N)C(OC(C)CCC(C)(C)OC(C(=O)NC(C)c2cccc3ccccc23)[C@H](N)CC2CCCCC2)C(=O)NCCc2ccccc2Cl)CC1)c1ccc2ccccc2c1)[C@H](N)CC1CCCCC1. The number of carbonyl (C=O) groups is 3. The fourth-order valence-electron chi connectivity index (χ4n) is 13.9. The fraction of sp³-hybridized carbons (Fsp3) is 0.586. The minimum atomic E-state index is -0.901. The molecular weight excluding hydrogens is 1060 g/mol. The van der Waals surface area contributed by atoms with E-state index in [0.717, 1.165) is 109 Å². The van der Waals surface area contributed by atoms with E-state index in [2.05, 4.69) is 76.6 Å². The van der Waals surface area contributed by atoms with Crippen molar-refractivity contribution in [2.45, 2.75) is 223 Å². The Morgan fingerprint density at radius 2 is 1.13 bits per heavy atom. The van der Waals surface area contributed by atoms with E-state index in [9.17, 15) is 14.4 Å². The molecule has 8 rings (SSSR count). The average Bonchev–Trinajstić information content (AvgIpc) is 3.67. The van der Waals surface area contributed by atoms with Gasteiger partial charge in [0.15, 0.2) is 18.3 Å². The van der Waals surface area contributed by atoms with Crippen LogP contribution in [0.25, 0.3) is 21.5 Å². The number of methoxy groups -OCH3 is 1. The maximum Gasteiger partial charge on any atom is 0.251 e. The van der Waals surface area contributed by atoms with Gasteiger partial charge in [-0.3, -0.25) is 14.4 Å². The fourth-order valence-corrected chi connectivity index (χ4v) is 14.2. The summed E-state index contributed by atoms with van der Waals surface area (Å²) in [5.41, 5.74) is 23.3. The Morgan fingerprint density at radius 1 is 0.590 bits per heavy atom. The first-order valence-corrected chi connectivity index (χ1v) is 32.1. The molecule has 3 amide bonds. The predicted molar refractivity (Wildman–Crippen MR) is 338 cm³/mol. The maximum atomic E-state index is 14.5. The predicted octanol–water partition coefficient (Wildman–Crippen LogP) is 13.3. The smallest absolute Gasteiger partial charge is 0.251 e. The molecule has 3 aliphatic rings. The van der Waals surface area contributed by atoms with Gasteiger partial charge in [-0.1, -0.05) is 199 Å². The molecule has 83 heavy (non-hydrogen) atoms.